The van der Waals surface area contributed by atoms with Crippen LogP contribution in [0.1, 0.15) is 33.8 Å². The van der Waals surface area contributed by atoms with E-state index < -0.39 is 5.97 Å². The van der Waals surface area contributed by atoms with Gasteiger partial charge in [0.2, 0.25) is 0 Å². The van der Waals surface area contributed by atoms with Gasteiger partial charge >= 0.3 is 29.6 Å². The van der Waals surface area contributed by atoms with Gasteiger partial charge in [0, 0.05) is 13.0 Å². The number of ketones is 1. The Hall–Kier alpha value is -0.650. The molecule has 0 amide bonds. The van der Waals surface area contributed by atoms with E-state index in [0.29, 0.717) is 18.7 Å². The van der Waals surface area contributed by atoms with Gasteiger partial charge in [-0.3, -0.25) is 9.48 Å². The summed E-state index contributed by atoms with van der Waals surface area (Å²) < 4.78 is 1.43. The number of aryl methyl sites for hydroxylation is 1. The third kappa shape index (κ3) is 1.89. The van der Waals surface area contributed by atoms with Crippen LogP contribution in [-0.4, -0.2) is 21.5 Å². The number of rotatable bonds is 1. The van der Waals surface area contributed by atoms with E-state index in [2.05, 4.69) is 5.10 Å². The summed E-state index contributed by atoms with van der Waals surface area (Å²) in [6.45, 7) is 0.606. The van der Waals surface area contributed by atoms with Crippen molar-refractivity contribution < 1.29 is 44.3 Å². The molecule has 0 aromatic carbocycles. The molecule has 0 aliphatic carbocycles. The van der Waals surface area contributed by atoms with Gasteiger partial charge in [-0.1, -0.05) is 0 Å². The topological polar surface area (TPSA) is 75.0 Å². The van der Waals surface area contributed by atoms with Gasteiger partial charge < -0.3 is 9.90 Å². The number of aromatic nitrogens is 2. The molecule has 0 unspecified atom stereocenters. The van der Waals surface area contributed by atoms with Gasteiger partial charge in [-0.15, -0.1) is 0 Å². The van der Waals surface area contributed by atoms with E-state index in [0.717, 1.165) is 6.42 Å². The van der Waals surface area contributed by atoms with Crippen molar-refractivity contribution >= 4 is 11.8 Å². The standard InChI is InChI=1S/C8H8N2O3.Na/c11-7-2-1-3-10-6(7)4-5(9-10)8(12)13;/h4H,1-3H2,(H,12,13);/q;+1/p-1. The first-order valence-corrected chi connectivity index (χ1v) is 4.01. The number of aromatic carboxylic acids is 1. The molecule has 1 aliphatic heterocycles. The summed E-state index contributed by atoms with van der Waals surface area (Å²) in [5.41, 5.74) is 0.218. The number of carboxylic acids is 1. The number of carboxylic acid groups (broad SMARTS) is 1. The quantitative estimate of drug-likeness (QED) is 0.438. The largest absolute Gasteiger partial charge is 1.00 e. The van der Waals surface area contributed by atoms with Gasteiger partial charge in [0.05, 0.1) is 5.97 Å². The molecule has 0 N–H and O–H groups in total. The summed E-state index contributed by atoms with van der Waals surface area (Å²) in [5, 5.41) is 14.2. The van der Waals surface area contributed by atoms with Crippen LogP contribution in [0.15, 0.2) is 6.07 Å². The maximum atomic E-state index is 11.2. The van der Waals surface area contributed by atoms with Crippen molar-refractivity contribution in [2.45, 2.75) is 19.4 Å². The zero-order valence-corrected chi connectivity index (χ0v) is 9.82. The van der Waals surface area contributed by atoms with Gasteiger partial charge in [-0.05, 0) is 12.5 Å². The third-order valence-electron chi connectivity index (χ3n) is 2.05. The van der Waals surface area contributed by atoms with E-state index >= 15 is 0 Å². The molecule has 0 spiro atoms. The number of hydrogen-bond donors (Lipinski definition) is 0. The number of Topliss-reactive ketones (excluding diaryl/α,β-unsaturated/α-hetero) is 1. The van der Waals surface area contributed by atoms with E-state index in [1.54, 1.807) is 0 Å². The van der Waals surface area contributed by atoms with Crippen molar-refractivity contribution in [1.29, 1.82) is 0 Å². The van der Waals surface area contributed by atoms with Crippen LogP contribution in [0.5, 0.6) is 0 Å². The Morgan fingerprint density at radius 1 is 1.57 bits per heavy atom. The molecule has 0 atom stereocenters. The fraction of sp³-hybridized carbons (Fsp3) is 0.375. The molecule has 5 nitrogen and oxygen atoms in total. The first-order chi connectivity index (χ1) is 6.18. The van der Waals surface area contributed by atoms with Crippen LogP contribution in [0.25, 0.3) is 0 Å². The average molecular weight is 202 g/mol. The molecule has 0 saturated carbocycles. The van der Waals surface area contributed by atoms with Crippen molar-refractivity contribution in [3.05, 3.63) is 17.5 Å². The number of hydrogen-bond acceptors (Lipinski definition) is 4. The fourth-order valence-corrected chi connectivity index (χ4v) is 1.43. The van der Waals surface area contributed by atoms with Crippen molar-refractivity contribution in [3.8, 4) is 0 Å². The van der Waals surface area contributed by atoms with Gasteiger partial charge in [-0.2, -0.15) is 5.10 Å². The summed E-state index contributed by atoms with van der Waals surface area (Å²) in [7, 11) is 0. The molecule has 6 heteroatoms. The molecule has 1 aromatic heterocycles. The SMILES string of the molecule is O=C([O-])c1cc2n(n1)CCCC2=O.[Na+]. The first kappa shape index (κ1) is 11.4. The Labute approximate surface area is 102 Å². The smallest absolute Gasteiger partial charge is 0.543 e. The summed E-state index contributed by atoms with van der Waals surface area (Å²) in [5.74, 6) is -1.39. The number of fused-ring (bicyclic) bond motifs is 1. The van der Waals surface area contributed by atoms with Crippen LogP contribution >= 0.6 is 0 Å². The van der Waals surface area contributed by atoms with E-state index in [4.69, 9.17) is 0 Å². The van der Waals surface area contributed by atoms with Gasteiger partial charge in [0.25, 0.3) is 0 Å². The Kier molecular flexibility index (Phi) is 3.47. The summed E-state index contributed by atoms with van der Waals surface area (Å²) in [6.07, 6.45) is 1.19. The minimum atomic E-state index is -1.34. The van der Waals surface area contributed by atoms with E-state index in [9.17, 15) is 14.7 Å². The molecule has 0 bridgehead atoms. The summed E-state index contributed by atoms with van der Waals surface area (Å²) in [6, 6.07) is 1.27. The normalized spacial score (nSPS) is 14.4. The van der Waals surface area contributed by atoms with Gasteiger partial charge in [0.1, 0.15) is 11.4 Å². The minimum Gasteiger partial charge on any atom is -0.543 e. The maximum Gasteiger partial charge on any atom is 1.00 e. The fourth-order valence-electron chi connectivity index (χ4n) is 1.43. The van der Waals surface area contributed by atoms with Crippen molar-refractivity contribution in [1.82, 2.24) is 9.78 Å². The first-order valence-electron chi connectivity index (χ1n) is 4.01. The number of carbonyl (C=O) groups is 2. The zero-order valence-electron chi connectivity index (χ0n) is 7.82. The number of carbonyl (C=O) groups excluding carboxylic acids is 2. The van der Waals surface area contributed by atoms with Gasteiger partial charge in [0.15, 0.2) is 5.78 Å². The van der Waals surface area contributed by atoms with Crippen LogP contribution < -0.4 is 34.7 Å². The predicted octanol–water partition coefficient (Wildman–Crippen LogP) is -3.77. The van der Waals surface area contributed by atoms with Crippen LogP contribution in [0.4, 0.5) is 0 Å². The second-order valence-electron chi connectivity index (χ2n) is 2.95. The molecule has 2 rings (SSSR count). The summed E-state index contributed by atoms with van der Waals surface area (Å²) >= 11 is 0. The second kappa shape index (κ2) is 4.25. The molecule has 2 heterocycles. The van der Waals surface area contributed by atoms with E-state index in [1.807, 2.05) is 0 Å². The maximum absolute atomic E-state index is 11.2. The van der Waals surface area contributed by atoms with Gasteiger partial charge in [-0.25, -0.2) is 0 Å². The molecular weight excluding hydrogens is 195 g/mol. The number of nitrogens with zero attached hydrogens (tertiary/aromatic N) is 2. The van der Waals surface area contributed by atoms with Crippen molar-refractivity contribution in [3.63, 3.8) is 0 Å². The molecule has 1 aromatic rings. The zero-order chi connectivity index (χ0) is 9.42. The molecule has 0 fully saturated rings. The predicted molar refractivity (Wildman–Crippen MR) is 40.1 cm³/mol. The third-order valence-corrected chi connectivity index (χ3v) is 2.05. The minimum absolute atomic E-state index is 0. The molecule has 68 valence electrons. The Balaban J connectivity index is 0.000000980. The molecule has 1 aliphatic rings. The Bertz CT molecular complexity index is 386. The van der Waals surface area contributed by atoms with Crippen LogP contribution in [0, 0.1) is 0 Å². The van der Waals surface area contributed by atoms with Crippen LogP contribution in [0.3, 0.4) is 0 Å². The van der Waals surface area contributed by atoms with Crippen molar-refractivity contribution in [2.24, 2.45) is 0 Å². The average Bonchev–Trinajstić information content (AvgIpc) is 2.49. The molecule has 0 radical (unpaired) electrons. The molecular formula is C8H7N2NaO3. The Morgan fingerprint density at radius 3 is 2.86 bits per heavy atom. The monoisotopic (exact) mass is 202 g/mol. The van der Waals surface area contributed by atoms with E-state index in [-0.39, 0.29) is 41.0 Å². The molecule has 14 heavy (non-hydrogen) atoms. The summed E-state index contributed by atoms with van der Waals surface area (Å²) in [4.78, 5) is 21.7. The second-order valence-corrected chi connectivity index (χ2v) is 2.95. The van der Waals surface area contributed by atoms with Crippen LogP contribution in [-0.2, 0) is 6.54 Å². The van der Waals surface area contributed by atoms with Crippen LogP contribution in [0.2, 0.25) is 0 Å². The van der Waals surface area contributed by atoms with Crippen molar-refractivity contribution in [2.75, 3.05) is 0 Å². The Morgan fingerprint density at radius 2 is 2.29 bits per heavy atom. The van der Waals surface area contributed by atoms with E-state index in [1.165, 1.54) is 10.7 Å². The molecule has 0 saturated heterocycles.